The van der Waals surface area contributed by atoms with E-state index in [0.29, 0.717) is 17.0 Å². The number of alkyl halides is 3. The van der Waals surface area contributed by atoms with Crippen LogP contribution in [0.2, 0.25) is 0 Å². The lowest BCUT2D eigenvalue weighted by molar-refractivity contribution is -0.137. The average molecular weight is 395 g/mol. The van der Waals surface area contributed by atoms with Gasteiger partial charge in [0.15, 0.2) is 17.2 Å². The molecule has 0 bridgehead atoms. The van der Waals surface area contributed by atoms with Crippen LogP contribution < -0.4 is 11.1 Å². The predicted molar refractivity (Wildman–Crippen MR) is 98.9 cm³/mol. The SMILES string of the molecule is CC.COC(=O)c1cn2ccnc(NCc3cc(N)cc(C(F)(F)F)c3)c2n1. The summed E-state index contributed by atoms with van der Waals surface area (Å²) in [5.41, 5.74) is 5.51. The van der Waals surface area contributed by atoms with Crippen LogP contribution in [0.3, 0.4) is 0 Å². The second-order valence-electron chi connectivity index (χ2n) is 5.44. The second-order valence-corrected chi connectivity index (χ2v) is 5.44. The molecule has 3 N–H and O–H groups in total. The van der Waals surface area contributed by atoms with Gasteiger partial charge in [0, 0.05) is 30.8 Å². The Bertz CT molecular complexity index is 969. The molecular formula is C18H20F3N5O2. The summed E-state index contributed by atoms with van der Waals surface area (Å²) in [6.07, 6.45) is 0.0397. The smallest absolute Gasteiger partial charge is 0.416 e. The fourth-order valence-corrected chi connectivity index (χ4v) is 2.42. The minimum atomic E-state index is -4.49. The van der Waals surface area contributed by atoms with Crippen molar-refractivity contribution in [3.63, 3.8) is 0 Å². The monoisotopic (exact) mass is 395 g/mol. The molecule has 0 aliphatic rings. The topological polar surface area (TPSA) is 94.5 Å². The number of rotatable bonds is 4. The Morgan fingerprint density at radius 2 is 2.00 bits per heavy atom. The van der Waals surface area contributed by atoms with E-state index in [2.05, 4.69) is 20.0 Å². The van der Waals surface area contributed by atoms with Crippen LogP contribution in [0.15, 0.2) is 36.8 Å². The number of nitrogen functional groups attached to an aromatic ring is 1. The Hall–Kier alpha value is -3.30. The number of nitrogens with zero attached hydrogens (tertiary/aromatic N) is 3. The quantitative estimate of drug-likeness (QED) is 0.516. The van der Waals surface area contributed by atoms with E-state index in [1.165, 1.54) is 25.6 Å². The molecule has 0 fully saturated rings. The van der Waals surface area contributed by atoms with Crippen molar-refractivity contribution in [1.29, 1.82) is 0 Å². The zero-order valence-electron chi connectivity index (χ0n) is 15.5. The third-order valence-corrected chi connectivity index (χ3v) is 3.57. The number of carbonyl (C=O) groups is 1. The van der Waals surface area contributed by atoms with Crippen LogP contribution >= 0.6 is 0 Å². The summed E-state index contributed by atoms with van der Waals surface area (Å²) in [5.74, 6) is -0.302. The van der Waals surface area contributed by atoms with Crippen molar-refractivity contribution in [2.24, 2.45) is 0 Å². The predicted octanol–water partition coefficient (Wildman–Crippen LogP) is 3.76. The Labute approximate surface area is 159 Å². The van der Waals surface area contributed by atoms with Crippen molar-refractivity contribution >= 4 is 23.1 Å². The number of aromatic nitrogens is 3. The van der Waals surface area contributed by atoms with Gasteiger partial charge in [-0.25, -0.2) is 14.8 Å². The van der Waals surface area contributed by atoms with Gasteiger partial charge in [0.05, 0.1) is 12.7 Å². The summed E-state index contributed by atoms with van der Waals surface area (Å²) >= 11 is 0. The number of ether oxygens (including phenoxy) is 1. The summed E-state index contributed by atoms with van der Waals surface area (Å²) in [6.45, 7) is 4.04. The zero-order chi connectivity index (χ0) is 20.9. The molecule has 7 nitrogen and oxygen atoms in total. The molecule has 0 aliphatic heterocycles. The van der Waals surface area contributed by atoms with Gasteiger partial charge in [-0.05, 0) is 23.8 Å². The van der Waals surface area contributed by atoms with Gasteiger partial charge in [-0.15, -0.1) is 0 Å². The lowest BCUT2D eigenvalue weighted by atomic mass is 10.1. The molecule has 0 saturated carbocycles. The Morgan fingerprint density at radius 1 is 1.29 bits per heavy atom. The molecule has 10 heteroatoms. The molecule has 0 saturated heterocycles. The third kappa shape index (κ3) is 4.70. The maximum absolute atomic E-state index is 12.9. The van der Waals surface area contributed by atoms with Crippen LogP contribution in [0.4, 0.5) is 24.7 Å². The molecule has 3 rings (SSSR count). The maximum atomic E-state index is 12.9. The van der Waals surface area contributed by atoms with Gasteiger partial charge in [0.25, 0.3) is 0 Å². The van der Waals surface area contributed by atoms with Crippen molar-refractivity contribution in [3.05, 3.63) is 53.6 Å². The lowest BCUT2D eigenvalue weighted by Crippen LogP contribution is -2.09. The number of hydrogen-bond donors (Lipinski definition) is 2. The molecule has 0 aliphatic carbocycles. The van der Waals surface area contributed by atoms with Crippen LogP contribution in [0.5, 0.6) is 0 Å². The molecule has 1 aromatic carbocycles. The first-order chi connectivity index (χ1) is 13.3. The molecular weight excluding hydrogens is 375 g/mol. The number of nitrogens with two attached hydrogens (primary N) is 1. The largest absolute Gasteiger partial charge is 0.464 e. The van der Waals surface area contributed by atoms with Crippen LogP contribution in [0, 0.1) is 0 Å². The first-order valence-corrected chi connectivity index (χ1v) is 8.40. The van der Waals surface area contributed by atoms with E-state index in [1.54, 1.807) is 10.6 Å². The van der Waals surface area contributed by atoms with Gasteiger partial charge in [-0.2, -0.15) is 13.2 Å². The van der Waals surface area contributed by atoms with Gasteiger partial charge in [-0.3, -0.25) is 0 Å². The van der Waals surface area contributed by atoms with Gasteiger partial charge in [0.1, 0.15) is 0 Å². The number of anilines is 2. The highest BCUT2D eigenvalue weighted by Gasteiger charge is 2.31. The molecule has 0 spiro atoms. The van der Waals surface area contributed by atoms with E-state index >= 15 is 0 Å². The maximum Gasteiger partial charge on any atom is 0.416 e. The number of halogens is 3. The highest BCUT2D eigenvalue weighted by atomic mass is 19.4. The first kappa shape index (κ1) is 21.0. The fraction of sp³-hybridized carbons (Fsp3) is 0.278. The minimum absolute atomic E-state index is 0.0107. The van der Waals surface area contributed by atoms with Crippen molar-refractivity contribution in [3.8, 4) is 0 Å². The van der Waals surface area contributed by atoms with Crippen LogP contribution in [-0.2, 0) is 17.5 Å². The highest BCUT2D eigenvalue weighted by molar-refractivity contribution is 5.88. The summed E-state index contributed by atoms with van der Waals surface area (Å²) < 4.78 is 44.8. The summed E-state index contributed by atoms with van der Waals surface area (Å²) in [7, 11) is 1.24. The zero-order valence-corrected chi connectivity index (χ0v) is 15.5. The Kier molecular flexibility index (Phi) is 6.45. The van der Waals surface area contributed by atoms with Crippen LogP contribution in [-0.4, -0.2) is 27.4 Å². The van der Waals surface area contributed by atoms with Crippen LogP contribution in [0.25, 0.3) is 5.65 Å². The minimum Gasteiger partial charge on any atom is -0.464 e. The van der Waals surface area contributed by atoms with Crippen molar-refractivity contribution in [2.75, 3.05) is 18.2 Å². The molecule has 0 atom stereocenters. The molecule has 3 aromatic rings. The third-order valence-electron chi connectivity index (χ3n) is 3.57. The first-order valence-electron chi connectivity index (χ1n) is 8.40. The Balaban J connectivity index is 0.00000136. The lowest BCUT2D eigenvalue weighted by Gasteiger charge is -2.11. The summed E-state index contributed by atoms with van der Waals surface area (Å²) in [5, 5.41) is 2.91. The normalized spacial score (nSPS) is 10.9. The molecule has 0 amide bonds. The molecule has 2 heterocycles. The molecule has 28 heavy (non-hydrogen) atoms. The van der Waals surface area contributed by atoms with Crippen molar-refractivity contribution < 1.29 is 22.7 Å². The Morgan fingerprint density at radius 3 is 2.64 bits per heavy atom. The van der Waals surface area contributed by atoms with Gasteiger partial charge >= 0.3 is 12.1 Å². The molecule has 2 aromatic heterocycles. The van der Waals surface area contributed by atoms with Crippen LogP contribution in [0.1, 0.15) is 35.5 Å². The summed E-state index contributed by atoms with van der Waals surface area (Å²) in [6, 6.07) is 3.32. The average Bonchev–Trinajstić information content (AvgIpc) is 3.11. The van der Waals surface area contributed by atoms with E-state index in [4.69, 9.17) is 5.73 Å². The number of esters is 1. The van der Waals surface area contributed by atoms with Gasteiger partial charge in [0.2, 0.25) is 0 Å². The van der Waals surface area contributed by atoms with E-state index in [9.17, 15) is 18.0 Å². The van der Waals surface area contributed by atoms with Crippen molar-refractivity contribution in [1.82, 2.24) is 14.4 Å². The standard InChI is InChI=1S/C16H14F3N5O2.C2H6/c1-26-15(25)12-8-24-3-2-21-13(14(24)23-12)22-7-9-4-10(16(17,18)19)6-11(20)5-9;1-2/h2-6,8H,7,20H2,1H3,(H,21,22);1-2H3. The number of hydrogen-bond acceptors (Lipinski definition) is 6. The molecule has 150 valence electrons. The van der Waals surface area contributed by atoms with Crippen molar-refractivity contribution in [2.45, 2.75) is 26.6 Å². The molecule has 0 radical (unpaired) electrons. The highest BCUT2D eigenvalue weighted by Crippen LogP contribution is 2.31. The number of imidazole rings is 1. The number of carbonyl (C=O) groups excluding carboxylic acids is 1. The number of benzene rings is 1. The van der Waals surface area contributed by atoms with E-state index in [1.807, 2.05) is 13.8 Å². The number of fused-ring (bicyclic) bond motifs is 1. The van der Waals surface area contributed by atoms with E-state index in [0.717, 1.165) is 12.1 Å². The van der Waals surface area contributed by atoms with E-state index < -0.39 is 17.7 Å². The molecule has 0 unspecified atom stereocenters. The van der Waals surface area contributed by atoms with Gasteiger partial charge in [-0.1, -0.05) is 13.8 Å². The number of nitrogens with one attached hydrogen (secondary N) is 1. The fourth-order valence-electron chi connectivity index (χ4n) is 2.42. The summed E-state index contributed by atoms with van der Waals surface area (Å²) in [4.78, 5) is 19.8. The van der Waals surface area contributed by atoms with Gasteiger partial charge < -0.3 is 20.2 Å². The van der Waals surface area contributed by atoms with E-state index in [-0.39, 0.29) is 17.9 Å². The number of methoxy groups -OCH3 is 1. The second kappa shape index (κ2) is 8.59.